The minimum Gasteiger partial charge on any atom is -0.222 e. The first-order valence-corrected chi connectivity index (χ1v) is 16.4. The van der Waals surface area contributed by atoms with E-state index < -0.39 is 10.2 Å². The van der Waals surface area contributed by atoms with Crippen LogP contribution in [0.5, 0.6) is 0 Å². The normalized spacial score (nSPS) is 13.0. The molecule has 0 N–H and O–H groups in total. The van der Waals surface area contributed by atoms with E-state index in [1.807, 2.05) is 0 Å². The summed E-state index contributed by atoms with van der Waals surface area (Å²) in [6, 6.07) is 47.7. The molecule has 0 amide bonds. The summed E-state index contributed by atoms with van der Waals surface area (Å²) in [7, 11) is -2.79. The third kappa shape index (κ3) is 8.48. The summed E-state index contributed by atoms with van der Waals surface area (Å²) < 4.78 is 36.8. The van der Waals surface area contributed by atoms with Crippen LogP contribution >= 0.6 is 0 Å². The van der Waals surface area contributed by atoms with E-state index in [1.165, 1.54) is 53.7 Å². The number of hydrogen-bond donors (Lipinski definition) is 0. The Morgan fingerprint density at radius 2 is 0.860 bits per heavy atom. The number of halogens is 1. The molecule has 0 radical (unpaired) electrons. The topological polar surface area (TPSA) is 95.5 Å². The second kappa shape index (κ2) is 13.9. The van der Waals surface area contributed by atoms with Crippen molar-refractivity contribution in [3.8, 4) is 20.0 Å². The maximum absolute atomic E-state index is 8.49. The van der Waals surface area contributed by atoms with Gasteiger partial charge in [-0.25, -0.2) is 18.6 Å². The fraction of sp³-hybridized carbons (Fsp3) is 0.0278. The van der Waals surface area contributed by atoms with Gasteiger partial charge in [0.2, 0.25) is 0 Å². The fourth-order valence-electron chi connectivity index (χ4n) is 4.82. The molecule has 0 aliphatic carbocycles. The Morgan fingerprint density at radius 1 is 0.535 bits per heavy atom. The van der Waals surface area contributed by atoms with Crippen molar-refractivity contribution in [2.45, 2.75) is 0 Å². The first-order valence-electron chi connectivity index (χ1n) is 13.4. The van der Waals surface area contributed by atoms with Crippen molar-refractivity contribution in [1.82, 2.24) is 4.90 Å². The zero-order valence-electron chi connectivity index (χ0n) is 23.3. The molecule has 43 heavy (non-hydrogen) atoms. The van der Waals surface area contributed by atoms with Gasteiger partial charge in [-0.05, 0) is 0 Å². The number of allylic oxidation sites excluding steroid dienone is 3. The van der Waals surface area contributed by atoms with Gasteiger partial charge in [0.05, 0.1) is 0 Å². The van der Waals surface area contributed by atoms with Gasteiger partial charge in [0.1, 0.15) is 0 Å². The molecule has 0 bridgehead atoms. The van der Waals surface area contributed by atoms with Crippen LogP contribution < -0.4 is 18.6 Å². The van der Waals surface area contributed by atoms with Gasteiger partial charge in [-0.3, -0.25) is 0 Å². The molecule has 0 fully saturated rings. The molecular weight excluding hydrogens is 625 g/mol. The van der Waals surface area contributed by atoms with E-state index >= 15 is 0 Å². The van der Waals surface area contributed by atoms with Crippen molar-refractivity contribution >= 4 is 32.0 Å². The molecule has 0 atom stereocenters. The number of benzene rings is 4. The molecule has 0 saturated heterocycles. The molecule has 2 heterocycles. The van der Waals surface area contributed by atoms with Crippen LogP contribution in [-0.2, 0) is 0 Å². The van der Waals surface area contributed by atoms with Gasteiger partial charge >= 0.3 is 232 Å². The fourth-order valence-corrected chi connectivity index (χ4v) is 7.20. The predicted octanol–water partition coefficient (Wildman–Crippen LogP) is 4.01. The largest absolute Gasteiger partial charge is 0.222 e. The third-order valence-electron chi connectivity index (χ3n) is 6.73. The summed E-state index contributed by atoms with van der Waals surface area (Å²) >= 11 is 0.230. The molecule has 5 nitrogen and oxygen atoms in total. The van der Waals surface area contributed by atoms with Crippen LogP contribution in [0.1, 0.15) is 16.7 Å². The van der Waals surface area contributed by atoms with Gasteiger partial charge in [0.25, 0.3) is 0 Å². The number of rotatable bonds is 5. The minimum atomic E-state index is -4.94. The van der Waals surface area contributed by atoms with E-state index in [9.17, 15) is 0 Å². The van der Waals surface area contributed by atoms with E-state index in [2.05, 4.69) is 164 Å². The molecule has 5 aromatic rings. The Morgan fingerprint density at radius 3 is 1.21 bits per heavy atom. The Balaban J connectivity index is 0.000000682. The van der Waals surface area contributed by atoms with E-state index in [1.54, 1.807) is 0 Å². The van der Waals surface area contributed by atoms with Crippen LogP contribution in [0.15, 0.2) is 151 Å². The van der Waals surface area contributed by atoms with Crippen molar-refractivity contribution in [1.29, 1.82) is 0 Å². The van der Waals surface area contributed by atoms with Crippen LogP contribution in [0.2, 0.25) is 0 Å². The molecule has 214 valence electrons. The molecule has 1 aliphatic rings. The van der Waals surface area contributed by atoms with Gasteiger partial charge in [0, 0.05) is 0 Å². The number of hydrogen-bond acceptors (Lipinski definition) is 5. The Labute approximate surface area is 259 Å². The molecule has 1 aromatic heterocycles. The van der Waals surface area contributed by atoms with E-state index in [4.69, 9.17) is 18.6 Å². The smallest absolute Gasteiger partial charge is 0.112 e. The van der Waals surface area contributed by atoms with Crippen molar-refractivity contribution in [2.24, 2.45) is 0 Å². The summed E-state index contributed by atoms with van der Waals surface area (Å²) in [5, 5.41) is 0. The van der Waals surface area contributed by atoms with Crippen molar-refractivity contribution in [3.63, 3.8) is 0 Å². The van der Waals surface area contributed by atoms with Crippen LogP contribution in [0.25, 0.3) is 37.5 Å². The Hall–Kier alpha value is -4.10. The maximum atomic E-state index is 8.49. The van der Waals surface area contributed by atoms with Gasteiger partial charge < -0.3 is 0 Å². The quantitative estimate of drug-likeness (QED) is 0.268. The second-order valence-electron chi connectivity index (χ2n) is 9.72. The van der Waals surface area contributed by atoms with Gasteiger partial charge in [-0.1, -0.05) is 0 Å². The zero-order valence-corrected chi connectivity index (χ0v) is 25.8. The summed E-state index contributed by atoms with van der Waals surface area (Å²) in [5.41, 5.74) is 9.82. The molecule has 0 saturated carbocycles. The summed E-state index contributed by atoms with van der Waals surface area (Å²) in [5.74, 6) is 0. The predicted molar refractivity (Wildman–Crippen MR) is 163 cm³/mol. The maximum Gasteiger partial charge on any atom is -0.112 e. The molecule has 4 aromatic carbocycles. The standard InChI is InChI=1S/C36H28NSe.ClHO4/c1-37-33(29-14-6-2-7-15-29)23-27(24-34(37)30-16-8-3-9-17-30)22-28-25-35(31-18-10-4-11-19-31)38-36(26-28)32-20-12-5-13-21-32;2-1(3,4)5/h2-26H,1H3;(H,2,3,4,5)/q+1;/p-1. The molecule has 0 unspecified atom stereocenters. The van der Waals surface area contributed by atoms with Crippen LogP contribution in [0.4, 0.5) is 0 Å². The van der Waals surface area contributed by atoms with Gasteiger partial charge in [0.15, 0.2) is 0 Å². The third-order valence-corrected chi connectivity index (χ3v) is 9.14. The SMILES string of the molecule is CN1C(c2ccccc2)=CC(=Cc2cc(-c3ccccc3)[se+]c(-c3ccccc3)c2)C=C1c1ccccc1.[O-][Cl+3]([O-])([O-])[O-]. The van der Waals surface area contributed by atoms with Gasteiger partial charge in [-0.15, -0.1) is 10.2 Å². The van der Waals surface area contributed by atoms with E-state index in [0.717, 1.165) is 0 Å². The monoisotopic (exact) mass is 653 g/mol. The summed E-state index contributed by atoms with van der Waals surface area (Å²) in [6.07, 6.45) is 6.95. The average molecular weight is 653 g/mol. The molecule has 6 rings (SSSR count). The minimum absolute atomic E-state index is 0.230. The van der Waals surface area contributed by atoms with Crippen LogP contribution in [-0.4, -0.2) is 26.5 Å². The summed E-state index contributed by atoms with van der Waals surface area (Å²) in [4.78, 5) is 2.30. The van der Waals surface area contributed by atoms with Crippen molar-refractivity contribution < 1.29 is 28.9 Å². The molecule has 7 heteroatoms. The molecule has 1 aliphatic heterocycles. The Bertz CT molecular complexity index is 1630. The first kappa shape index (κ1) is 30.4. The summed E-state index contributed by atoms with van der Waals surface area (Å²) in [6.45, 7) is 0. The zero-order chi connectivity index (χ0) is 30.2. The first-order chi connectivity index (χ1) is 20.7. The average Bonchev–Trinajstić information content (AvgIpc) is 3.02. The van der Waals surface area contributed by atoms with Crippen LogP contribution in [0.3, 0.4) is 0 Å². The molecular formula is C36H28ClNO4Se. The van der Waals surface area contributed by atoms with Crippen molar-refractivity contribution in [2.75, 3.05) is 7.05 Å². The van der Waals surface area contributed by atoms with Crippen LogP contribution in [0, 0.1) is 10.2 Å². The Kier molecular flexibility index (Phi) is 9.82. The van der Waals surface area contributed by atoms with E-state index in [-0.39, 0.29) is 14.5 Å². The van der Waals surface area contributed by atoms with Crippen molar-refractivity contribution in [3.05, 3.63) is 168 Å². The van der Waals surface area contributed by atoms with E-state index in [0.29, 0.717) is 0 Å². The van der Waals surface area contributed by atoms with Gasteiger partial charge in [-0.2, -0.15) is 0 Å². The molecule has 0 spiro atoms. The second-order valence-corrected chi connectivity index (χ2v) is 12.8. The number of nitrogens with zero attached hydrogens (tertiary/aromatic N) is 1.